The van der Waals surface area contributed by atoms with E-state index in [-0.39, 0.29) is 23.7 Å². The summed E-state index contributed by atoms with van der Waals surface area (Å²) in [5.74, 6) is 0.961. The number of ether oxygens (including phenoxy) is 1. The molecule has 0 radical (unpaired) electrons. The van der Waals surface area contributed by atoms with E-state index in [2.05, 4.69) is 10.3 Å². The monoisotopic (exact) mass is 270 g/mol. The fraction of sp³-hybridized carbons (Fsp3) is 0.923. The fourth-order valence-electron chi connectivity index (χ4n) is 2.56. The second-order valence-corrected chi connectivity index (χ2v) is 6.73. The first-order valence-electron chi connectivity index (χ1n) is 7.04. The molecule has 3 aliphatic rings. The molecule has 1 saturated heterocycles. The molecule has 2 heterocycles. The fourth-order valence-corrected chi connectivity index (χ4v) is 3.71. The highest BCUT2D eigenvalue weighted by Crippen LogP contribution is 2.36. The van der Waals surface area contributed by atoms with Crippen LogP contribution in [-0.2, 0) is 4.74 Å². The lowest BCUT2D eigenvalue weighted by molar-refractivity contribution is -0.0729. The maximum absolute atomic E-state index is 9.59. The lowest BCUT2D eigenvalue weighted by Crippen LogP contribution is -2.39. The first-order valence-corrected chi connectivity index (χ1v) is 7.92. The third kappa shape index (κ3) is 3.00. The van der Waals surface area contributed by atoms with Gasteiger partial charge in [-0.25, -0.2) is 0 Å². The Labute approximate surface area is 113 Å². The number of fused-ring (bicyclic) bond motifs is 1. The highest BCUT2D eigenvalue weighted by Gasteiger charge is 2.38. The highest BCUT2D eigenvalue weighted by atomic mass is 32.2. The molecular formula is C13H22N2O2S. The van der Waals surface area contributed by atoms with E-state index in [0.717, 1.165) is 30.5 Å². The summed E-state index contributed by atoms with van der Waals surface area (Å²) >= 11 is 1.69. The van der Waals surface area contributed by atoms with Crippen molar-refractivity contribution in [3.05, 3.63) is 0 Å². The lowest BCUT2D eigenvalue weighted by Gasteiger charge is -2.31. The minimum absolute atomic E-state index is 0.0141. The Morgan fingerprint density at radius 2 is 2.28 bits per heavy atom. The van der Waals surface area contributed by atoms with Crippen molar-refractivity contribution in [2.45, 2.75) is 62.7 Å². The summed E-state index contributed by atoms with van der Waals surface area (Å²) in [4.78, 5) is 4.68. The Bertz CT molecular complexity index is 331. The molecule has 0 unspecified atom stereocenters. The molecule has 4 atom stereocenters. The van der Waals surface area contributed by atoms with E-state index >= 15 is 0 Å². The van der Waals surface area contributed by atoms with Crippen LogP contribution in [0.15, 0.2) is 4.99 Å². The molecule has 2 aliphatic heterocycles. The number of hydrogen-bond donors (Lipinski definition) is 2. The van der Waals surface area contributed by atoms with Gasteiger partial charge in [-0.1, -0.05) is 24.6 Å². The zero-order valence-electron chi connectivity index (χ0n) is 10.8. The number of hydrogen-bond acceptors (Lipinski definition) is 5. The molecule has 5 heteroatoms. The van der Waals surface area contributed by atoms with Crippen LogP contribution >= 0.6 is 11.8 Å². The van der Waals surface area contributed by atoms with Crippen molar-refractivity contribution in [2.75, 3.05) is 6.54 Å². The minimum atomic E-state index is -0.376. The van der Waals surface area contributed by atoms with Crippen LogP contribution in [0.5, 0.6) is 0 Å². The number of aliphatic hydroxyl groups excluding tert-OH is 1. The third-order valence-corrected chi connectivity index (χ3v) is 5.08. The van der Waals surface area contributed by atoms with E-state index < -0.39 is 0 Å². The van der Waals surface area contributed by atoms with Crippen molar-refractivity contribution in [2.24, 2.45) is 10.9 Å². The van der Waals surface area contributed by atoms with Crippen molar-refractivity contribution < 1.29 is 9.84 Å². The summed E-state index contributed by atoms with van der Waals surface area (Å²) in [6, 6.07) is 0.286. The molecule has 0 amide bonds. The number of aliphatic hydroxyl groups is 1. The molecule has 0 aromatic rings. The minimum Gasteiger partial charge on any atom is -0.391 e. The number of rotatable bonds is 4. The summed E-state index contributed by atoms with van der Waals surface area (Å²) in [7, 11) is 0. The molecular weight excluding hydrogens is 248 g/mol. The van der Waals surface area contributed by atoms with Gasteiger partial charge in [0.15, 0.2) is 5.17 Å². The maximum Gasteiger partial charge on any atom is 0.159 e. The van der Waals surface area contributed by atoms with Crippen molar-refractivity contribution in [1.82, 2.24) is 5.32 Å². The molecule has 3 rings (SSSR count). The number of thioether (sulfide) groups is 1. The topological polar surface area (TPSA) is 53.9 Å². The predicted octanol–water partition coefficient (Wildman–Crippen LogP) is 1.73. The standard InChI is InChI=1S/C13H22N2O2S/c1-8(16)11-5-4-10-12(17-11)18-13(15-10)14-7-6-9-2-3-9/h8-12,16H,2-7H2,1H3,(H,14,15)/t8-,10-,11-,12-/m1/s1. The highest BCUT2D eigenvalue weighted by molar-refractivity contribution is 8.14. The molecule has 1 saturated carbocycles. The predicted molar refractivity (Wildman–Crippen MR) is 73.7 cm³/mol. The summed E-state index contributed by atoms with van der Waals surface area (Å²) in [5, 5.41) is 14.0. The second-order valence-electron chi connectivity index (χ2n) is 5.64. The summed E-state index contributed by atoms with van der Waals surface area (Å²) < 4.78 is 5.90. The Morgan fingerprint density at radius 1 is 1.44 bits per heavy atom. The van der Waals surface area contributed by atoms with Gasteiger partial charge in [0, 0.05) is 6.54 Å². The van der Waals surface area contributed by atoms with Crippen LogP contribution in [0.2, 0.25) is 0 Å². The first kappa shape index (κ1) is 12.8. The van der Waals surface area contributed by atoms with Gasteiger partial charge in [-0.15, -0.1) is 0 Å². The van der Waals surface area contributed by atoms with Gasteiger partial charge in [0.25, 0.3) is 0 Å². The zero-order chi connectivity index (χ0) is 12.5. The van der Waals surface area contributed by atoms with Crippen molar-refractivity contribution in [1.29, 1.82) is 0 Å². The molecule has 0 aromatic carbocycles. The SMILES string of the molecule is C[C@@H](O)[C@H]1CC[C@H]2N=C(NCCC3CC3)S[C@H]2O1. The van der Waals surface area contributed by atoms with Gasteiger partial charge in [0.05, 0.1) is 18.2 Å². The van der Waals surface area contributed by atoms with Gasteiger partial charge in [-0.2, -0.15) is 0 Å². The second kappa shape index (κ2) is 5.39. The van der Waals surface area contributed by atoms with Crippen LogP contribution in [0.1, 0.15) is 39.0 Å². The van der Waals surface area contributed by atoms with Crippen molar-refractivity contribution >= 4 is 16.9 Å². The smallest absolute Gasteiger partial charge is 0.159 e. The summed E-state index contributed by atoms with van der Waals surface area (Å²) in [6.45, 7) is 2.84. The van der Waals surface area contributed by atoms with Gasteiger partial charge in [0.1, 0.15) is 5.44 Å². The summed E-state index contributed by atoms with van der Waals surface area (Å²) in [6.07, 6.45) is 5.64. The molecule has 0 aromatic heterocycles. The van der Waals surface area contributed by atoms with Gasteiger partial charge in [-0.3, -0.25) is 4.99 Å². The van der Waals surface area contributed by atoms with E-state index in [1.807, 2.05) is 0 Å². The molecule has 0 spiro atoms. The number of amidine groups is 1. The Morgan fingerprint density at radius 3 is 3.00 bits per heavy atom. The normalized spacial score (nSPS) is 37.0. The molecule has 2 fully saturated rings. The zero-order valence-corrected chi connectivity index (χ0v) is 11.7. The van der Waals surface area contributed by atoms with Gasteiger partial charge < -0.3 is 15.2 Å². The molecule has 18 heavy (non-hydrogen) atoms. The Kier molecular flexibility index (Phi) is 3.82. The average molecular weight is 270 g/mol. The van der Waals surface area contributed by atoms with E-state index in [0.29, 0.717) is 0 Å². The van der Waals surface area contributed by atoms with Crippen LogP contribution < -0.4 is 5.32 Å². The van der Waals surface area contributed by atoms with Gasteiger partial charge >= 0.3 is 0 Å². The average Bonchev–Trinajstić information content (AvgIpc) is 3.07. The summed E-state index contributed by atoms with van der Waals surface area (Å²) in [5.41, 5.74) is 0.113. The quantitative estimate of drug-likeness (QED) is 0.817. The van der Waals surface area contributed by atoms with Crippen LogP contribution in [0.4, 0.5) is 0 Å². The van der Waals surface area contributed by atoms with E-state index in [1.54, 1.807) is 18.7 Å². The molecule has 1 aliphatic carbocycles. The van der Waals surface area contributed by atoms with Gasteiger partial charge in [0.2, 0.25) is 0 Å². The van der Waals surface area contributed by atoms with Crippen LogP contribution in [0.25, 0.3) is 0 Å². The first-order chi connectivity index (χ1) is 8.72. The molecule has 102 valence electrons. The van der Waals surface area contributed by atoms with E-state index in [1.165, 1.54) is 19.3 Å². The van der Waals surface area contributed by atoms with Crippen molar-refractivity contribution in [3.63, 3.8) is 0 Å². The Balaban J connectivity index is 1.45. The number of nitrogens with one attached hydrogen (secondary N) is 1. The van der Waals surface area contributed by atoms with Gasteiger partial charge in [-0.05, 0) is 32.1 Å². The Hall–Kier alpha value is -0.260. The number of nitrogens with zero attached hydrogens (tertiary/aromatic N) is 1. The molecule has 4 nitrogen and oxygen atoms in total. The van der Waals surface area contributed by atoms with Crippen LogP contribution in [-0.4, -0.2) is 40.5 Å². The molecule has 2 N–H and O–H groups in total. The maximum atomic E-state index is 9.59. The number of aliphatic imine (C=N–C) groups is 1. The molecule has 0 bridgehead atoms. The van der Waals surface area contributed by atoms with Crippen LogP contribution in [0.3, 0.4) is 0 Å². The van der Waals surface area contributed by atoms with Crippen LogP contribution in [0, 0.1) is 5.92 Å². The van der Waals surface area contributed by atoms with E-state index in [9.17, 15) is 5.11 Å². The van der Waals surface area contributed by atoms with Crippen molar-refractivity contribution in [3.8, 4) is 0 Å². The van der Waals surface area contributed by atoms with E-state index in [4.69, 9.17) is 4.74 Å². The lowest BCUT2D eigenvalue weighted by atomic mass is 10.0. The third-order valence-electron chi connectivity index (χ3n) is 3.94. The largest absolute Gasteiger partial charge is 0.391 e.